The van der Waals surface area contributed by atoms with Crippen LogP contribution in [0.5, 0.6) is 0 Å². The van der Waals surface area contributed by atoms with Crippen molar-refractivity contribution in [2.45, 2.75) is 32.9 Å². The lowest BCUT2D eigenvalue weighted by atomic mass is 10.1. The fourth-order valence-corrected chi connectivity index (χ4v) is 2.91. The Hall–Kier alpha value is -2.31. The average Bonchev–Trinajstić information content (AvgIpc) is 2.57. The molecular weight excluding hydrogens is 392 g/mol. The standard InChI is InChI=1S/C19H20Cl2FN3O2/c1-10(2)23-19(27)25-13-6-4-12(5-7-13)18(26)24-11(3)14-8-17(22)16(21)9-15(14)20/h4-11H,1-3H3,(H,24,26)(H2,23,25,27). The van der Waals surface area contributed by atoms with Crippen LogP contribution in [0.4, 0.5) is 14.9 Å². The summed E-state index contributed by atoms with van der Waals surface area (Å²) in [5.74, 6) is -0.959. The average molecular weight is 412 g/mol. The van der Waals surface area contributed by atoms with Gasteiger partial charge in [-0.1, -0.05) is 23.2 Å². The molecule has 0 saturated heterocycles. The van der Waals surface area contributed by atoms with Crippen LogP contribution in [0.2, 0.25) is 10.0 Å². The number of nitrogens with one attached hydrogen (secondary N) is 3. The van der Waals surface area contributed by atoms with E-state index in [0.717, 1.165) is 0 Å². The van der Waals surface area contributed by atoms with Gasteiger partial charge in [0.2, 0.25) is 0 Å². The molecule has 0 heterocycles. The van der Waals surface area contributed by atoms with Crippen molar-refractivity contribution in [3.63, 3.8) is 0 Å². The fraction of sp³-hybridized carbons (Fsp3) is 0.263. The van der Waals surface area contributed by atoms with E-state index >= 15 is 0 Å². The first-order valence-corrected chi connectivity index (χ1v) is 9.06. The summed E-state index contributed by atoms with van der Waals surface area (Å²) in [5.41, 5.74) is 1.37. The Bertz CT molecular complexity index is 842. The highest BCUT2D eigenvalue weighted by Gasteiger charge is 2.16. The van der Waals surface area contributed by atoms with Crippen LogP contribution >= 0.6 is 23.2 Å². The molecule has 2 aromatic rings. The van der Waals surface area contributed by atoms with Gasteiger partial charge < -0.3 is 16.0 Å². The third-order valence-electron chi connectivity index (χ3n) is 3.68. The lowest BCUT2D eigenvalue weighted by molar-refractivity contribution is 0.0940. The molecule has 0 aliphatic heterocycles. The van der Waals surface area contributed by atoms with Crippen LogP contribution < -0.4 is 16.0 Å². The third kappa shape index (κ3) is 5.84. The van der Waals surface area contributed by atoms with E-state index in [1.54, 1.807) is 31.2 Å². The summed E-state index contributed by atoms with van der Waals surface area (Å²) >= 11 is 11.8. The van der Waals surface area contributed by atoms with Gasteiger partial charge in [0, 0.05) is 22.3 Å². The minimum atomic E-state index is -0.604. The zero-order valence-corrected chi connectivity index (χ0v) is 16.6. The Balaban J connectivity index is 2.03. The van der Waals surface area contributed by atoms with Crippen molar-refractivity contribution in [2.75, 3.05) is 5.32 Å². The zero-order valence-electron chi connectivity index (χ0n) is 15.1. The van der Waals surface area contributed by atoms with E-state index in [1.165, 1.54) is 12.1 Å². The number of carbonyl (C=O) groups excluding carboxylic acids is 2. The molecule has 3 amide bonds. The molecule has 0 bridgehead atoms. The quantitative estimate of drug-likeness (QED) is 0.595. The maximum atomic E-state index is 13.7. The Kier molecular flexibility index (Phi) is 7.05. The van der Waals surface area contributed by atoms with E-state index in [0.29, 0.717) is 16.8 Å². The summed E-state index contributed by atoms with van der Waals surface area (Å²) < 4.78 is 13.7. The maximum absolute atomic E-state index is 13.7. The molecule has 144 valence electrons. The van der Waals surface area contributed by atoms with Crippen LogP contribution in [0.15, 0.2) is 36.4 Å². The second-order valence-corrected chi connectivity index (χ2v) is 7.13. The first kappa shape index (κ1) is 21.0. The van der Waals surface area contributed by atoms with Gasteiger partial charge in [-0.15, -0.1) is 0 Å². The number of benzene rings is 2. The molecule has 2 aromatic carbocycles. The minimum Gasteiger partial charge on any atom is -0.345 e. The fourth-order valence-electron chi connectivity index (χ4n) is 2.36. The van der Waals surface area contributed by atoms with Crippen LogP contribution in [0, 0.1) is 5.82 Å². The molecule has 3 N–H and O–H groups in total. The van der Waals surface area contributed by atoms with Crippen molar-refractivity contribution >= 4 is 40.8 Å². The Morgan fingerprint density at radius 2 is 1.59 bits per heavy atom. The number of hydrogen-bond donors (Lipinski definition) is 3. The maximum Gasteiger partial charge on any atom is 0.319 e. The molecule has 0 saturated carbocycles. The van der Waals surface area contributed by atoms with Gasteiger partial charge in [0.15, 0.2) is 0 Å². The second kappa shape index (κ2) is 9.06. The monoisotopic (exact) mass is 411 g/mol. The molecule has 1 unspecified atom stereocenters. The van der Waals surface area contributed by atoms with Crippen molar-refractivity contribution in [1.82, 2.24) is 10.6 Å². The van der Waals surface area contributed by atoms with Crippen molar-refractivity contribution in [3.05, 3.63) is 63.4 Å². The van der Waals surface area contributed by atoms with Crippen LogP contribution in [-0.4, -0.2) is 18.0 Å². The van der Waals surface area contributed by atoms with Gasteiger partial charge in [0.25, 0.3) is 5.91 Å². The number of urea groups is 1. The molecular formula is C19H20Cl2FN3O2. The van der Waals surface area contributed by atoms with Crippen LogP contribution in [0.3, 0.4) is 0 Å². The van der Waals surface area contributed by atoms with E-state index in [1.807, 2.05) is 13.8 Å². The molecule has 27 heavy (non-hydrogen) atoms. The van der Waals surface area contributed by atoms with Gasteiger partial charge in [0.1, 0.15) is 5.82 Å². The summed E-state index contributed by atoms with van der Waals surface area (Å²) in [4.78, 5) is 24.1. The molecule has 0 aliphatic carbocycles. The van der Waals surface area contributed by atoms with Gasteiger partial charge in [-0.3, -0.25) is 4.79 Å². The summed E-state index contributed by atoms with van der Waals surface area (Å²) in [6, 6.07) is 8.08. The number of carbonyl (C=O) groups is 2. The smallest absolute Gasteiger partial charge is 0.319 e. The highest BCUT2D eigenvalue weighted by Crippen LogP contribution is 2.28. The molecule has 0 fully saturated rings. The van der Waals surface area contributed by atoms with Crippen molar-refractivity contribution in [3.8, 4) is 0 Å². The molecule has 0 aromatic heterocycles. The number of anilines is 1. The molecule has 0 spiro atoms. The predicted molar refractivity (Wildman–Crippen MR) is 106 cm³/mol. The van der Waals surface area contributed by atoms with Crippen LogP contribution in [0.25, 0.3) is 0 Å². The van der Waals surface area contributed by atoms with E-state index in [2.05, 4.69) is 16.0 Å². The van der Waals surface area contributed by atoms with Crippen LogP contribution in [0.1, 0.15) is 42.7 Å². The van der Waals surface area contributed by atoms with E-state index < -0.39 is 11.9 Å². The first-order chi connectivity index (χ1) is 12.7. The summed E-state index contributed by atoms with van der Waals surface area (Å²) in [7, 11) is 0. The Morgan fingerprint density at radius 1 is 0.963 bits per heavy atom. The Labute approximate surface area is 167 Å². The minimum absolute atomic E-state index is 0.0149. The second-order valence-electron chi connectivity index (χ2n) is 6.31. The van der Waals surface area contributed by atoms with E-state index in [9.17, 15) is 14.0 Å². The van der Waals surface area contributed by atoms with Gasteiger partial charge >= 0.3 is 6.03 Å². The Morgan fingerprint density at radius 3 is 2.19 bits per heavy atom. The molecule has 2 rings (SSSR count). The number of rotatable bonds is 5. The number of halogens is 3. The van der Waals surface area contributed by atoms with Gasteiger partial charge in [-0.05, 0) is 62.7 Å². The lowest BCUT2D eigenvalue weighted by Gasteiger charge is -2.16. The molecule has 5 nitrogen and oxygen atoms in total. The highest BCUT2D eigenvalue weighted by atomic mass is 35.5. The van der Waals surface area contributed by atoms with E-state index in [4.69, 9.17) is 23.2 Å². The van der Waals surface area contributed by atoms with Crippen molar-refractivity contribution < 1.29 is 14.0 Å². The molecule has 1 atom stereocenters. The van der Waals surface area contributed by atoms with Crippen molar-refractivity contribution in [1.29, 1.82) is 0 Å². The molecule has 0 radical (unpaired) electrons. The zero-order chi connectivity index (χ0) is 20.1. The third-order valence-corrected chi connectivity index (χ3v) is 4.30. The van der Waals surface area contributed by atoms with Gasteiger partial charge in [-0.2, -0.15) is 0 Å². The lowest BCUT2D eigenvalue weighted by Crippen LogP contribution is -2.34. The number of hydrogen-bond acceptors (Lipinski definition) is 2. The molecule has 0 aliphatic rings. The topological polar surface area (TPSA) is 70.2 Å². The van der Waals surface area contributed by atoms with Gasteiger partial charge in [-0.25, -0.2) is 9.18 Å². The normalized spacial score (nSPS) is 11.8. The van der Waals surface area contributed by atoms with Gasteiger partial charge in [0.05, 0.1) is 11.1 Å². The summed E-state index contributed by atoms with van der Waals surface area (Å²) in [6.07, 6.45) is 0. The largest absolute Gasteiger partial charge is 0.345 e. The van der Waals surface area contributed by atoms with E-state index in [-0.39, 0.29) is 28.0 Å². The summed E-state index contributed by atoms with van der Waals surface area (Å²) in [6.45, 7) is 5.40. The molecule has 8 heteroatoms. The SMILES string of the molecule is CC(C)NC(=O)Nc1ccc(C(=O)NC(C)c2cc(F)c(Cl)cc2Cl)cc1. The van der Waals surface area contributed by atoms with Crippen molar-refractivity contribution in [2.24, 2.45) is 0 Å². The number of amides is 3. The van der Waals surface area contributed by atoms with Crippen LogP contribution in [-0.2, 0) is 0 Å². The predicted octanol–water partition coefficient (Wildman–Crippen LogP) is 5.15. The summed E-state index contributed by atoms with van der Waals surface area (Å²) in [5, 5.41) is 8.32. The first-order valence-electron chi connectivity index (χ1n) is 8.30. The highest BCUT2D eigenvalue weighted by molar-refractivity contribution is 6.35.